The molecular weight excluding hydrogens is 445 g/mol. The predicted octanol–water partition coefficient (Wildman–Crippen LogP) is 5.27. The van der Waals surface area contributed by atoms with Gasteiger partial charge in [-0.2, -0.15) is 5.10 Å². The van der Waals surface area contributed by atoms with Gasteiger partial charge in [0.2, 0.25) is 6.41 Å². The fraction of sp³-hybridized carbons (Fsp3) is 0.360. The quantitative estimate of drug-likeness (QED) is 0.332. The van der Waals surface area contributed by atoms with Gasteiger partial charge in [0.15, 0.2) is 0 Å². The number of nitrogens with one attached hydrogen (secondary N) is 2. The van der Waals surface area contributed by atoms with Crippen LogP contribution in [0.15, 0.2) is 60.7 Å². The SMILES string of the molecule is CC[C@@H](CCNc1cc(-c2cccc(OC(F)(F)F)c2)n(CCc2ccccc2)n1)CNC=O. The van der Waals surface area contributed by atoms with Crippen LogP contribution in [0.3, 0.4) is 0 Å². The molecule has 0 spiro atoms. The molecule has 1 atom stereocenters. The molecule has 0 saturated carbocycles. The maximum Gasteiger partial charge on any atom is 0.573 e. The van der Waals surface area contributed by atoms with Crippen LogP contribution in [0.4, 0.5) is 19.0 Å². The molecular formula is C25H29F3N4O2. The van der Waals surface area contributed by atoms with Crippen molar-refractivity contribution in [2.75, 3.05) is 18.4 Å². The largest absolute Gasteiger partial charge is 0.573 e. The molecule has 6 nitrogen and oxygen atoms in total. The highest BCUT2D eigenvalue weighted by atomic mass is 19.4. The van der Waals surface area contributed by atoms with E-state index in [9.17, 15) is 18.0 Å². The second-order valence-corrected chi connectivity index (χ2v) is 7.97. The monoisotopic (exact) mass is 474 g/mol. The molecule has 3 aromatic rings. The molecule has 0 unspecified atom stereocenters. The number of rotatable bonds is 13. The molecule has 2 aromatic carbocycles. The molecule has 0 fully saturated rings. The first-order chi connectivity index (χ1) is 16.4. The Morgan fingerprint density at radius 2 is 1.91 bits per heavy atom. The minimum atomic E-state index is -4.76. The Labute approximate surface area is 197 Å². The van der Waals surface area contributed by atoms with Crippen LogP contribution in [0, 0.1) is 5.92 Å². The number of hydrogen-bond donors (Lipinski definition) is 2. The molecule has 34 heavy (non-hydrogen) atoms. The maximum atomic E-state index is 12.7. The number of aryl methyl sites for hydroxylation is 2. The smallest absolute Gasteiger partial charge is 0.406 e. The first-order valence-electron chi connectivity index (χ1n) is 11.3. The lowest BCUT2D eigenvalue weighted by Crippen LogP contribution is -2.22. The van der Waals surface area contributed by atoms with Gasteiger partial charge in [-0.25, -0.2) is 0 Å². The molecule has 1 aromatic heterocycles. The average molecular weight is 475 g/mol. The van der Waals surface area contributed by atoms with E-state index in [0.717, 1.165) is 24.8 Å². The highest BCUT2D eigenvalue weighted by Crippen LogP contribution is 2.29. The molecule has 3 rings (SSSR count). The number of alkyl halides is 3. The second kappa shape index (κ2) is 12.1. The Hall–Kier alpha value is -3.49. The van der Waals surface area contributed by atoms with Crippen molar-refractivity contribution >= 4 is 12.2 Å². The van der Waals surface area contributed by atoms with E-state index >= 15 is 0 Å². The number of carbonyl (C=O) groups excluding carboxylic acids is 1. The van der Waals surface area contributed by atoms with Gasteiger partial charge in [0.25, 0.3) is 0 Å². The number of ether oxygens (including phenoxy) is 1. The molecule has 1 amide bonds. The van der Waals surface area contributed by atoms with E-state index in [0.29, 0.717) is 49.0 Å². The maximum absolute atomic E-state index is 12.7. The van der Waals surface area contributed by atoms with Crippen LogP contribution in [-0.4, -0.2) is 35.6 Å². The highest BCUT2D eigenvalue weighted by Gasteiger charge is 2.31. The summed E-state index contributed by atoms with van der Waals surface area (Å²) in [4.78, 5) is 10.5. The Balaban J connectivity index is 1.78. The van der Waals surface area contributed by atoms with Crippen LogP contribution in [0.2, 0.25) is 0 Å². The van der Waals surface area contributed by atoms with Gasteiger partial charge in [-0.05, 0) is 36.5 Å². The van der Waals surface area contributed by atoms with Gasteiger partial charge in [-0.15, -0.1) is 13.2 Å². The third-order valence-corrected chi connectivity index (χ3v) is 5.52. The van der Waals surface area contributed by atoms with Crippen molar-refractivity contribution in [1.82, 2.24) is 15.1 Å². The minimum Gasteiger partial charge on any atom is -0.406 e. The Morgan fingerprint density at radius 3 is 2.62 bits per heavy atom. The van der Waals surface area contributed by atoms with Gasteiger partial charge in [0.1, 0.15) is 11.6 Å². The van der Waals surface area contributed by atoms with Gasteiger partial charge >= 0.3 is 6.36 Å². The van der Waals surface area contributed by atoms with E-state index < -0.39 is 6.36 Å². The van der Waals surface area contributed by atoms with Crippen molar-refractivity contribution in [1.29, 1.82) is 0 Å². The first-order valence-corrected chi connectivity index (χ1v) is 11.3. The van der Waals surface area contributed by atoms with Gasteiger partial charge in [-0.3, -0.25) is 9.48 Å². The molecule has 9 heteroatoms. The second-order valence-electron chi connectivity index (χ2n) is 7.97. The van der Waals surface area contributed by atoms with Crippen molar-refractivity contribution in [3.63, 3.8) is 0 Å². The van der Waals surface area contributed by atoms with E-state index in [-0.39, 0.29) is 5.75 Å². The molecule has 2 N–H and O–H groups in total. The fourth-order valence-electron chi connectivity index (χ4n) is 3.71. The van der Waals surface area contributed by atoms with Crippen LogP contribution in [-0.2, 0) is 17.8 Å². The minimum absolute atomic E-state index is 0.274. The van der Waals surface area contributed by atoms with Crippen LogP contribution < -0.4 is 15.4 Å². The molecule has 0 saturated heterocycles. The number of anilines is 1. The zero-order chi connectivity index (χ0) is 24.4. The molecule has 0 aliphatic heterocycles. The standard InChI is InChI=1S/C25H29F3N4O2/c1-2-19(17-29-18-33)11-13-30-24-16-23(21-9-6-10-22(15-21)34-25(26,27)28)32(31-24)14-12-20-7-4-3-5-8-20/h3-10,15-16,18-19H,2,11-14,17H2,1H3,(H,29,33)(H,30,31)/t19-/m0/s1. The summed E-state index contributed by atoms with van der Waals surface area (Å²) in [6.07, 6.45) is -1.55. The fourth-order valence-corrected chi connectivity index (χ4v) is 3.71. The summed E-state index contributed by atoms with van der Waals surface area (Å²) in [6.45, 7) is 3.91. The number of aromatic nitrogens is 2. The topological polar surface area (TPSA) is 68.2 Å². The van der Waals surface area contributed by atoms with Crippen molar-refractivity contribution in [2.24, 2.45) is 5.92 Å². The Morgan fingerprint density at radius 1 is 1.12 bits per heavy atom. The highest BCUT2D eigenvalue weighted by molar-refractivity contribution is 5.65. The molecule has 1 heterocycles. The Bertz CT molecular complexity index is 1040. The van der Waals surface area contributed by atoms with Crippen molar-refractivity contribution < 1.29 is 22.7 Å². The summed E-state index contributed by atoms with van der Waals surface area (Å²) in [5, 5.41) is 10.7. The summed E-state index contributed by atoms with van der Waals surface area (Å²) in [6, 6.07) is 17.7. The van der Waals surface area contributed by atoms with E-state index in [1.807, 2.05) is 36.4 Å². The number of halogens is 3. The molecule has 0 bridgehead atoms. The number of carbonyl (C=O) groups is 1. The summed E-state index contributed by atoms with van der Waals surface area (Å²) in [5.41, 5.74) is 2.42. The summed E-state index contributed by atoms with van der Waals surface area (Å²) >= 11 is 0. The molecule has 0 aliphatic rings. The third kappa shape index (κ3) is 7.83. The average Bonchev–Trinajstić information content (AvgIpc) is 3.22. The number of benzene rings is 2. The van der Waals surface area contributed by atoms with Gasteiger partial charge < -0.3 is 15.4 Å². The summed E-state index contributed by atoms with van der Waals surface area (Å²) in [5.74, 6) is 0.709. The lowest BCUT2D eigenvalue weighted by molar-refractivity contribution is -0.274. The van der Waals surface area contributed by atoms with Gasteiger partial charge in [0.05, 0.1) is 5.69 Å². The lowest BCUT2D eigenvalue weighted by atomic mass is 10.0. The molecule has 0 radical (unpaired) electrons. The van der Waals surface area contributed by atoms with Crippen molar-refractivity contribution in [2.45, 2.75) is 39.1 Å². The normalized spacial score (nSPS) is 12.2. The number of amides is 1. The molecule has 182 valence electrons. The number of nitrogens with zero attached hydrogens (tertiary/aromatic N) is 2. The Kier molecular flexibility index (Phi) is 8.95. The summed E-state index contributed by atoms with van der Waals surface area (Å²) < 4.78 is 44.0. The van der Waals surface area contributed by atoms with Crippen LogP contribution in [0.25, 0.3) is 11.3 Å². The van der Waals surface area contributed by atoms with Crippen LogP contribution >= 0.6 is 0 Å². The summed E-state index contributed by atoms with van der Waals surface area (Å²) in [7, 11) is 0. The van der Waals surface area contributed by atoms with E-state index in [1.54, 1.807) is 10.7 Å². The van der Waals surface area contributed by atoms with Gasteiger partial charge in [0, 0.05) is 31.3 Å². The molecule has 0 aliphatic carbocycles. The zero-order valence-corrected chi connectivity index (χ0v) is 19.0. The first kappa shape index (κ1) is 25.1. The zero-order valence-electron chi connectivity index (χ0n) is 19.0. The van der Waals surface area contributed by atoms with E-state index in [1.165, 1.54) is 18.2 Å². The van der Waals surface area contributed by atoms with Crippen LogP contribution in [0.5, 0.6) is 5.75 Å². The van der Waals surface area contributed by atoms with Crippen molar-refractivity contribution in [3.05, 3.63) is 66.2 Å². The lowest BCUT2D eigenvalue weighted by Gasteiger charge is -2.14. The third-order valence-electron chi connectivity index (χ3n) is 5.52. The number of hydrogen-bond acceptors (Lipinski definition) is 4. The van der Waals surface area contributed by atoms with Crippen molar-refractivity contribution in [3.8, 4) is 17.0 Å². The van der Waals surface area contributed by atoms with Crippen LogP contribution in [0.1, 0.15) is 25.3 Å². The predicted molar refractivity (Wildman–Crippen MR) is 125 cm³/mol. The van der Waals surface area contributed by atoms with Gasteiger partial charge in [-0.1, -0.05) is 55.8 Å². The van der Waals surface area contributed by atoms with E-state index in [2.05, 4.69) is 27.4 Å². The van der Waals surface area contributed by atoms with E-state index in [4.69, 9.17) is 0 Å².